The van der Waals surface area contributed by atoms with Gasteiger partial charge in [0.1, 0.15) is 0 Å². The molecule has 0 aromatic heterocycles. The van der Waals surface area contributed by atoms with Gasteiger partial charge in [-0.05, 0) is 24.1 Å². The maximum atomic E-state index is 13.8. The lowest BCUT2D eigenvalue weighted by molar-refractivity contribution is -0.139. The van der Waals surface area contributed by atoms with Crippen molar-refractivity contribution < 1.29 is 22.4 Å². The molecule has 23 heavy (non-hydrogen) atoms. The van der Waals surface area contributed by atoms with Crippen LogP contribution >= 0.6 is 0 Å². The van der Waals surface area contributed by atoms with Crippen LogP contribution < -0.4 is 10.6 Å². The Morgan fingerprint density at radius 3 is 2.35 bits per heavy atom. The molecule has 0 spiro atoms. The molecule has 0 aliphatic rings. The fraction of sp³-hybridized carbons (Fsp3) is 0.188. The number of carbonyl (C=O) groups excluding carboxylic acids is 1. The van der Waals surface area contributed by atoms with Crippen molar-refractivity contribution in [3.63, 3.8) is 0 Å². The van der Waals surface area contributed by atoms with Gasteiger partial charge < -0.3 is 10.6 Å². The molecule has 3 nitrogen and oxygen atoms in total. The van der Waals surface area contributed by atoms with Crippen LogP contribution in [-0.2, 0) is 12.6 Å². The zero-order valence-corrected chi connectivity index (χ0v) is 12.0. The molecule has 2 amide bonds. The molecule has 7 heteroatoms. The number of anilines is 1. The minimum atomic E-state index is -4.81. The molecule has 122 valence electrons. The monoisotopic (exact) mass is 326 g/mol. The predicted molar refractivity (Wildman–Crippen MR) is 78.6 cm³/mol. The van der Waals surface area contributed by atoms with Crippen molar-refractivity contribution in [3.8, 4) is 0 Å². The zero-order chi connectivity index (χ0) is 16.9. The number of benzene rings is 2. The number of carbonyl (C=O) groups is 1. The smallest absolute Gasteiger partial charge is 0.338 e. The minimum absolute atomic E-state index is 0.274. The van der Waals surface area contributed by atoms with Gasteiger partial charge in [0.25, 0.3) is 0 Å². The molecule has 0 bridgehead atoms. The van der Waals surface area contributed by atoms with Crippen molar-refractivity contribution in [2.75, 3.05) is 11.9 Å². The van der Waals surface area contributed by atoms with Crippen molar-refractivity contribution in [1.82, 2.24) is 5.32 Å². The Morgan fingerprint density at radius 2 is 1.70 bits per heavy atom. The van der Waals surface area contributed by atoms with E-state index in [0.717, 1.165) is 17.7 Å². The molecule has 2 rings (SSSR count). The van der Waals surface area contributed by atoms with Crippen LogP contribution in [0.3, 0.4) is 0 Å². The molecule has 2 N–H and O–H groups in total. The summed E-state index contributed by atoms with van der Waals surface area (Å²) in [6.45, 7) is 0.274. The third kappa shape index (κ3) is 4.70. The van der Waals surface area contributed by atoms with Gasteiger partial charge in [0.2, 0.25) is 0 Å². The van der Waals surface area contributed by atoms with Gasteiger partial charge in [-0.1, -0.05) is 36.4 Å². The van der Waals surface area contributed by atoms with Crippen molar-refractivity contribution >= 4 is 11.7 Å². The van der Waals surface area contributed by atoms with E-state index in [1.807, 2.05) is 30.3 Å². The van der Waals surface area contributed by atoms with E-state index >= 15 is 0 Å². The number of urea groups is 1. The summed E-state index contributed by atoms with van der Waals surface area (Å²) in [7, 11) is 0. The van der Waals surface area contributed by atoms with Crippen LogP contribution in [0, 0.1) is 5.82 Å². The fourth-order valence-corrected chi connectivity index (χ4v) is 1.98. The van der Waals surface area contributed by atoms with Crippen molar-refractivity contribution in [3.05, 3.63) is 65.5 Å². The van der Waals surface area contributed by atoms with E-state index in [4.69, 9.17) is 0 Å². The Labute approximate surface area is 130 Å². The number of nitrogens with one attached hydrogen (secondary N) is 2. The number of alkyl halides is 3. The highest BCUT2D eigenvalue weighted by Gasteiger charge is 2.35. The van der Waals surface area contributed by atoms with E-state index < -0.39 is 29.3 Å². The molecule has 0 aliphatic heterocycles. The lowest BCUT2D eigenvalue weighted by Gasteiger charge is -2.12. The average molecular weight is 326 g/mol. The average Bonchev–Trinajstić information content (AvgIpc) is 2.49. The Bertz CT molecular complexity index is 672. The van der Waals surface area contributed by atoms with Crippen LogP contribution in [0.2, 0.25) is 0 Å². The summed E-state index contributed by atoms with van der Waals surface area (Å²) in [5.41, 5.74) is -0.935. The van der Waals surface area contributed by atoms with Gasteiger partial charge in [-0.2, -0.15) is 13.2 Å². The second-order valence-electron chi connectivity index (χ2n) is 4.78. The Morgan fingerprint density at radius 1 is 1.00 bits per heavy atom. The first-order valence-electron chi connectivity index (χ1n) is 6.82. The molecule has 0 heterocycles. The summed E-state index contributed by atoms with van der Waals surface area (Å²) in [4.78, 5) is 11.6. The van der Waals surface area contributed by atoms with Gasteiger partial charge in [0.15, 0.2) is 5.82 Å². The molecule has 0 fully saturated rings. The zero-order valence-electron chi connectivity index (χ0n) is 12.0. The number of amides is 2. The standard InChI is InChI=1S/C16H14F4N2O/c17-14-12(16(18,19)20)7-4-8-13(14)22-15(23)21-10-9-11-5-2-1-3-6-11/h1-8H,9-10H2,(H2,21,22,23). The predicted octanol–water partition coefficient (Wildman–Crippen LogP) is 4.21. The molecule has 2 aromatic rings. The topological polar surface area (TPSA) is 41.1 Å². The van der Waals surface area contributed by atoms with Crippen molar-refractivity contribution in [1.29, 1.82) is 0 Å². The van der Waals surface area contributed by atoms with E-state index in [1.165, 1.54) is 0 Å². The summed E-state index contributed by atoms with van der Waals surface area (Å²) < 4.78 is 51.5. The quantitative estimate of drug-likeness (QED) is 0.812. The van der Waals surface area contributed by atoms with Gasteiger partial charge in [-0.25, -0.2) is 9.18 Å². The van der Waals surface area contributed by atoms with E-state index in [2.05, 4.69) is 10.6 Å². The van der Waals surface area contributed by atoms with Crippen molar-refractivity contribution in [2.24, 2.45) is 0 Å². The normalized spacial score (nSPS) is 11.1. The minimum Gasteiger partial charge on any atom is -0.338 e. The van der Waals surface area contributed by atoms with Gasteiger partial charge >= 0.3 is 12.2 Å². The molecular formula is C16H14F4N2O. The first-order valence-corrected chi connectivity index (χ1v) is 6.82. The van der Waals surface area contributed by atoms with Gasteiger partial charge in [0, 0.05) is 6.54 Å². The number of rotatable bonds is 4. The number of halogens is 4. The van der Waals surface area contributed by atoms with Crippen LogP contribution in [-0.4, -0.2) is 12.6 Å². The lowest BCUT2D eigenvalue weighted by Crippen LogP contribution is -2.31. The largest absolute Gasteiger partial charge is 0.419 e. The van der Waals surface area contributed by atoms with E-state index in [1.54, 1.807) is 0 Å². The van der Waals surface area contributed by atoms with E-state index in [0.29, 0.717) is 12.5 Å². The SMILES string of the molecule is O=C(NCCc1ccccc1)Nc1cccc(C(F)(F)F)c1F. The number of hydrogen-bond acceptors (Lipinski definition) is 1. The molecule has 2 aromatic carbocycles. The Hall–Kier alpha value is -2.57. The molecular weight excluding hydrogens is 312 g/mol. The second kappa shape index (κ2) is 7.13. The molecule has 0 atom stereocenters. The van der Waals surface area contributed by atoms with Crippen LogP contribution in [0.5, 0.6) is 0 Å². The van der Waals surface area contributed by atoms with Crippen LogP contribution in [0.4, 0.5) is 28.0 Å². The first-order chi connectivity index (χ1) is 10.9. The maximum absolute atomic E-state index is 13.8. The summed E-state index contributed by atoms with van der Waals surface area (Å²) in [6, 6.07) is 11.3. The summed E-state index contributed by atoms with van der Waals surface area (Å²) >= 11 is 0. The van der Waals surface area contributed by atoms with Crippen LogP contribution in [0.1, 0.15) is 11.1 Å². The van der Waals surface area contributed by atoms with Gasteiger partial charge in [0.05, 0.1) is 11.3 Å². The van der Waals surface area contributed by atoms with E-state index in [-0.39, 0.29) is 6.54 Å². The molecule has 0 unspecified atom stereocenters. The summed E-state index contributed by atoms with van der Waals surface area (Å²) in [6.07, 6.45) is -4.26. The van der Waals surface area contributed by atoms with Crippen LogP contribution in [0.25, 0.3) is 0 Å². The second-order valence-corrected chi connectivity index (χ2v) is 4.78. The van der Waals surface area contributed by atoms with Gasteiger partial charge in [-0.3, -0.25) is 0 Å². The highest BCUT2D eigenvalue weighted by atomic mass is 19.4. The van der Waals surface area contributed by atoms with Gasteiger partial charge in [-0.15, -0.1) is 0 Å². The Kier molecular flexibility index (Phi) is 5.20. The molecule has 0 saturated carbocycles. The third-order valence-corrected chi connectivity index (χ3v) is 3.09. The molecule has 0 saturated heterocycles. The third-order valence-electron chi connectivity index (χ3n) is 3.09. The highest BCUT2D eigenvalue weighted by Crippen LogP contribution is 2.33. The van der Waals surface area contributed by atoms with E-state index in [9.17, 15) is 22.4 Å². The summed E-state index contributed by atoms with van der Waals surface area (Å²) in [5.74, 6) is -1.50. The van der Waals surface area contributed by atoms with Crippen molar-refractivity contribution in [2.45, 2.75) is 12.6 Å². The van der Waals surface area contributed by atoms with Crippen LogP contribution in [0.15, 0.2) is 48.5 Å². The lowest BCUT2D eigenvalue weighted by atomic mass is 10.1. The first kappa shape index (κ1) is 16.8. The fourth-order valence-electron chi connectivity index (χ4n) is 1.98. The molecule has 0 radical (unpaired) electrons. The maximum Gasteiger partial charge on any atom is 0.419 e. The number of hydrogen-bond donors (Lipinski definition) is 2. The summed E-state index contributed by atoms with van der Waals surface area (Å²) in [5, 5.41) is 4.55. The highest BCUT2D eigenvalue weighted by molar-refractivity contribution is 5.89. The Balaban J connectivity index is 1.93. The molecule has 0 aliphatic carbocycles.